The van der Waals surface area contributed by atoms with Gasteiger partial charge in [0.1, 0.15) is 6.10 Å². The third-order valence-corrected chi connectivity index (χ3v) is 3.53. The van der Waals surface area contributed by atoms with Crippen LogP contribution in [-0.4, -0.2) is 74.4 Å². The third-order valence-electron chi connectivity index (χ3n) is 3.53. The van der Waals surface area contributed by atoms with E-state index in [1.165, 1.54) is 20.8 Å². The van der Waals surface area contributed by atoms with Crippen LogP contribution in [0.3, 0.4) is 0 Å². The van der Waals surface area contributed by atoms with Crippen molar-refractivity contribution in [1.82, 2.24) is 10.6 Å². The molecule has 0 spiro atoms. The largest absolute Gasteiger partial charge is 0.477 e. The first-order chi connectivity index (χ1) is 10.5. The van der Waals surface area contributed by atoms with Crippen LogP contribution in [0.2, 0.25) is 0 Å². The molecule has 0 aromatic rings. The molecule has 1 rings (SSSR count). The highest BCUT2D eigenvalue weighted by Crippen LogP contribution is 2.30. The lowest BCUT2D eigenvalue weighted by Crippen LogP contribution is -2.69. The Morgan fingerprint density at radius 1 is 1.26 bits per heavy atom. The highest BCUT2D eigenvalue weighted by Gasteiger charge is 2.53. The number of carbonyl (C=O) groups is 3. The van der Waals surface area contributed by atoms with Gasteiger partial charge in [-0.1, -0.05) is 0 Å². The number of aliphatic hydroxyl groups excluding tert-OH is 2. The van der Waals surface area contributed by atoms with Crippen LogP contribution in [0.25, 0.3) is 0 Å². The molecule has 0 aromatic heterocycles. The lowest BCUT2D eigenvalue weighted by molar-refractivity contribution is -0.283. The number of rotatable bonds is 5. The van der Waals surface area contributed by atoms with Crippen LogP contribution in [-0.2, 0) is 19.1 Å². The molecular weight excluding hydrogens is 312 g/mol. The van der Waals surface area contributed by atoms with Crippen LogP contribution in [0.5, 0.6) is 0 Å². The molecule has 0 aromatic carbocycles. The van der Waals surface area contributed by atoms with E-state index < -0.39 is 60.4 Å². The van der Waals surface area contributed by atoms with E-state index in [9.17, 15) is 29.7 Å². The quantitative estimate of drug-likeness (QED) is 0.316. The average Bonchev–Trinajstić information content (AvgIpc) is 2.38. The van der Waals surface area contributed by atoms with Crippen molar-refractivity contribution >= 4 is 17.8 Å². The topological polar surface area (TPSA) is 165 Å². The summed E-state index contributed by atoms with van der Waals surface area (Å²) in [5.74, 6) is -5.50. The van der Waals surface area contributed by atoms with Gasteiger partial charge < -0.3 is 35.8 Å². The van der Waals surface area contributed by atoms with Gasteiger partial charge >= 0.3 is 5.97 Å². The van der Waals surface area contributed by atoms with Crippen LogP contribution >= 0.6 is 0 Å². The molecule has 10 heteroatoms. The zero-order chi connectivity index (χ0) is 17.9. The van der Waals surface area contributed by atoms with Crippen LogP contribution in [0.15, 0.2) is 0 Å². The zero-order valence-electron chi connectivity index (χ0n) is 13.0. The molecule has 23 heavy (non-hydrogen) atoms. The predicted octanol–water partition coefficient (Wildman–Crippen LogP) is -2.70. The number of nitrogens with one attached hydrogen (secondary N) is 2. The first-order valence-corrected chi connectivity index (χ1v) is 7.02. The summed E-state index contributed by atoms with van der Waals surface area (Å²) >= 11 is 0. The Balaban J connectivity index is 3.21. The molecule has 1 heterocycles. The van der Waals surface area contributed by atoms with Crippen molar-refractivity contribution < 1.29 is 39.5 Å². The summed E-state index contributed by atoms with van der Waals surface area (Å²) in [5, 5.41) is 43.8. The van der Waals surface area contributed by atoms with Gasteiger partial charge in [-0.15, -0.1) is 0 Å². The Morgan fingerprint density at radius 2 is 1.83 bits per heavy atom. The second-order valence-corrected chi connectivity index (χ2v) is 5.64. The summed E-state index contributed by atoms with van der Waals surface area (Å²) in [5.41, 5.74) is 0. The number of ether oxygens (including phenoxy) is 1. The molecule has 132 valence electrons. The van der Waals surface area contributed by atoms with Crippen molar-refractivity contribution in [3.8, 4) is 0 Å². The molecule has 1 unspecified atom stereocenters. The smallest absolute Gasteiger partial charge is 0.364 e. The highest BCUT2D eigenvalue weighted by atomic mass is 16.7. The van der Waals surface area contributed by atoms with Gasteiger partial charge in [0.05, 0.1) is 24.3 Å². The fourth-order valence-corrected chi connectivity index (χ4v) is 2.54. The summed E-state index contributed by atoms with van der Waals surface area (Å²) in [4.78, 5) is 33.8. The van der Waals surface area contributed by atoms with Crippen molar-refractivity contribution in [2.24, 2.45) is 0 Å². The van der Waals surface area contributed by atoms with Gasteiger partial charge in [0.2, 0.25) is 11.8 Å². The van der Waals surface area contributed by atoms with Crippen molar-refractivity contribution in [2.75, 3.05) is 0 Å². The van der Waals surface area contributed by atoms with Crippen molar-refractivity contribution in [2.45, 2.75) is 63.4 Å². The fourth-order valence-electron chi connectivity index (χ4n) is 2.54. The van der Waals surface area contributed by atoms with E-state index >= 15 is 0 Å². The Bertz CT molecular complexity index is 465. The number of aliphatic hydroxyl groups is 3. The molecule has 0 aliphatic carbocycles. The number of carbonyl (C=O) groups excluding carboxylic acids is 2. The van der Waals surface area contributed by atoms with E-state index in [4.69, 9.17) is 9.84 Å². The average molecular weight is 334 g/mol. The zero-order valence-corrected chi connectivity index (χ0v) is 13.0. The molecular formula is C13H22N2O8. The molecule has 0 saturated carbocycles. The second kappa shape index (κ2) is 7.21. The number of amides is 2. The van der Waals surface area contributed by atoms with Gasteiger partial charge in [-0.25, -0.2) is 4.79 Å². The SMILES string of the molecule is CC(=O)N[C@@H]([C@@H]1OC(O)(C(=O)O)C[C@H](O)[C@H]1NC(C)=O)[C@@H](C)O. The van der Waals surface area contributed by atoms with E-state index in [2.05, 4.69) is 10.6 Å². The van der Waals surface area contributed by atoms with Crippen molar-refractivity contribution in [1.29, 1.82) is 0 Å². The lowest BCUT2D eigenvalue weighted by atomic mass is 9.87. The van der Waals surface area contributed by atoms with Gasteiger partial charge in [0.25, 0.3) is 5.79 Å². The molecule has 6 atom stereocenters. The predicted molar refractivity (Wildman–Crippen MR) is 75.0 cm³/mol. The molecule has 2 amide bonds. The Kier molecular flexibility index (Phi) is 6.05. The van der Waals surface area contributed by atoms with E-state index in [-0.39, 0.29) is 0 Å². The Hall–Kier alpha value is -1.75. The third kappa shape index (κ3) is 4.61. The number of carboxylic acids is 1. The van der Waals surface area contributed by atoms with Crippen molar-refractivity contribution in [3.63, 3.8) is 0 Å². The molecule has 0 radical (unpaired) electrons. The number of carboxylic acid groups (broad SMARTS) is 1. The van der Waals surface area contributed by atoms with Gasteiger partial charge in [-0.05, 0) is 6.92 Å². The van der Waals surface area contributed by atoms with Crippen LogP contribution in [0, 0.1) is 0 Å². The van der Waals surface area contributed by atoms with Crippen molar-refractivity contribution in [3.05, 3.63) is 0 Å². The molecule has 1 aliphatic heterocycles. The summed E-state index contributed by atoms with van der Waals surface area (Å²) in [7, 11) is 0. The Morgan fingerprint density at radius 3 is 2.22 bits per heavy atom. The highest BCUT2D eigenvalue weighted by molar-refractivity contribution is 5.76. The summed E-state index contributed by atoms with van der Waals surface area (Å²) < 4.78 is 5.15. The standard InChI is InChI=1S/C13H22N2O8/c1-5(16)9(14-6(2)17)11-10(15-7(3)18)8(19)4-13(22,23-11)12(20)21/h5,8-11,16,19,22H,4H2,1-3H3,(H,14,17)(H,15,18)(H,20,21)/t5-,8+,9-,10-,11+,13?/m1/s1. The van der Waals surface area contributed by atoms with E-state index in [1.54, 1.807) is 0 Å². The lowest BCUT2D eigenvalue weighted by Gasteiger charge is -2.45. The van der Waals surface area contributed by atoms with Gasteiger partial charge in [-0.3, -0.25) is 9.59 Å². The fraction of sp³-hybridized carbons (Fsp3) is 0.769. The first-order valence-electron chi connectivity index (χ1n) is 7.02. The molecule has 6 N–H and O–H groups in total. The summed E-state index contributed by atoms with van der Waals surface area (Å²) in [6, 6.07) is -2.29. The van der Waals surface area contributed by atoms with Crippen LogP contribution in [0.4, 0.5) is 0 Å². The number of aliphatic carboxylic acids is 1. The molecule has 1 saturated heterocycles. The van der Waals surface area contributed by atoms with Gasteiger partial charge in [-0.2, -0.15) is 0 Å². The second-order valence-electron chi connectivity index (χ2n) is 5.64. The van der Waals surface area contributed by atoms with E-state index in [1.807, 2.05) is 0 Å². The Labute approximate surface area is 132 Å². The van der Waals surface area contributed by atoms with Gasteiger partial charge in [0.15, 0.2) is 0 Å². The number of hydrogen-bond acceptors (Lipinski definition) is 7. The monoisotopic (exact) mass is 334 g/mol. The summed E-state index contributed by atoms with van der Waals surface area (Å²) in [6.45, 7) is 3.67. The van der Waals surface area contributed by atoms with E-state index in [0.717, 1.165) is 0 Å². The van der Waals surface area contributed by atoms with Crippen LogP contribution in [0.1, 0.15) is 27.2 Å². The van der Waals surface area contributed by atoms with Gasteiger partial charge in [0, 0.05) is 20.3 Å². The minimum atomic E-state index is -2.70. The first kappa shape index (κ1) is 19.3. The minimum Gasteiger partial charge on any atom is -0.477 e. The normalized spacial score (nSPS) is 33.4. The summed E-state index contributed by atoms with van der Waals surface area (Å²) in [6.07, 6.45) is -4.72. The minimum absolute atomic E-state index is 0.532. The molecule has 0 bridgehead atoms. The maximum atomic E-state index is 11.3. The maximum absolute atomic E-state index is 11.3. The van der Waals surface area contributed by atoms with Crippen LogP contribution < -0.4 is 10.6 Å². The molecule has 1 aliphatic rings. The molecule has 1 fully saturated rings. The van der Waals surface area contributed by atoms with E-state index in [0.29, 0.717) is 0 Å². The number of hydrogen-bond donors (Lipinski definition) is 6. The molecule has 10 nitrogen and oxygen atoms in total. The maximum Gasteiger partial charge on any atom is 0.364 e.